The van der Waals surface area contributed by atoms with Gasteiger partial charge in [0.2, 0.25) is 10.0 Å². The van der Waals surface area contributed by atoms with E-state index in [1.807, 2.05) is 31.2 Å². The van der Waals surface area contributed by atoms with Crippen LogP contribution in [0.25, 0.3) is 0 Å². The highest BCUT2D eigenvalue weighted by Crippen LogP contribution is 2.10. The first-order chi connectivity index (χ1) is 8.55. The number of sulfonamides is 1. The van der Waals surface area contributed by atoms with Crippen LogP contribution in [0.5, 0.6) is 0 Å². The van der Waals surface area contributed by atoms with Crippen LogP contribution >= 0.6 is 0 Å². The first-order valence-corrected chi connectivity index (χ1v) is 7.17. The van der Waals surface area contributed by atoms with Crippen LogP contribution in [-0.2, 0) is 15.8 Å². The molecule has 4 nitrogen and oxygen atoms in total. The van der Waals surface area contributed by atoms with Gasteiger partial charge in [-0.1, -0.05) is 35.9 Å². The van der Waals surface area contributed by atoms with Crippen molar-refractivity contribution in [3.63, 3.8) is 0 Å². The predicted molar refractivity (Wildman–Crippen MR) is 71.7 cm³/mol. The summed E-state index contributed by atoms with van der Waals surface area (Å²) >= 11 is 0. The minimum atomic E-state index is -3.41. The number of hydrogen-bond donors (Lipinski definition) is 1. The van der Waals surface area contributed by atoms with Gasteiger partial charge in [-0.2, -0.15) is 0 Å². The summed E-state index contributed by atoms with van der Waals surface area (Å²) in [5.74, 6) is 0.286. The Morgan fingerprint density at radius 2 is 1.83 bits per heavy atom. The Morgan fingerprint density at radius 1 is 1.11 bits per heavy atom. The zero-order chi connectivity index (χ0) is 13.0. The molecular weight excluding hydrogens is 248 g/mol. The summed E-state index contributed by atoms with van der Waals surface area (Å²) in [7, 11) is -3.41. The quantitative estimate of drug-likeness (QED) is 0.920. The van der Waals surface area contributed by atoms with Crippen molar-refractivity contribution >= 4 is 15.8 Å². The molecule has 1 aromatic carbocycles. The maximum atomic E-state index is 11.9. The maximum Gasteiger partial charge on any atom is 0.238 e. The van der Waals surface area contributed by atoms with Crippen molar-refractivity contribution in [1.82, 2.24) is 4.98 Å². The van der Waals surface area contributed by atoms with Gasteiger partial charge in [-0.05, 0) is 24.6 Å². The zero-order valence-corrected chi connectivity index (χ0v) is 10.8. The van der Waals surface area contributed by atoms with Crippen LogP contribution in [0.2, 0.25) is 0 Å². The summed E-state index contributed by atoms with van der Waals surface area (Å²) in [6.45, 7) is 1.96. The normalized spacial score (nSPS) is 11.2. The Hall–Kier alpha value is -1.88. The van der Waals surface area contributed by atoms with Gasteiger partial charge in [0.25, 0.3) is 0 Å². The number of aryl methyl sites for hydroxylation is 1. The molecule has 0 unspecified atom stereocenters. The molecule has 1 aromatic heterocycles. The van der Waals surface area contributed by atoms with E-state index in [9.17, 15) is 8.42 Å². The molecule has 0 saturated heterocycles. The Morgan fingerprint density at radius 3 is 2.44 bits per heavy atom. The summed E-state index contributed by atoms with van der Waals surface area (Å²) < 4.78 is 26.2. The van der Waals surface area contributed by atoms with Gasteiger partial charge < -0.3 is 0 Å². The molecule has 0 atom stereocenters. The fourth-order valence-electron chi connectivity index (χ4n) is 1.52. The highest BCUT2D eigenvalue weighted by molar-refractivity contribution is 7.91. The number of nitrogens with zero attached hydrogens (tertiary/aromatic N) is 1. The van der Waals surface area contributed by atoms with Crippen molar-refractivity contribution in [3.05, 3.63) is 59.8 Å². The summed E-state index contributed by atoms with van der Waals surface area (Å²) in [5, 5.41) is 0. The van der Waals surface area contributed by atoms with Crippen molar-refractivity contribution in [2.75, 3.05) is 4.72 Å². The Balaban J connectivity index is 2.10. The topological polar surface area (TPSA) is 59.1 Å². The molecule has 18 heavy (non-hydrogen) atoms. The number of rotatable bonds is 4. The fraction of sp³-hybridized carbons (Fsp3) is 0.154. The van der Waals surface area contributed by atoms with Gasteiger partial charge in [0, 0.05) is 6.20 Å². The summed E-state index contributed by atoms with van der Waals surface area (Å²) in [4.78, 5) is 3.93. The lowest BCUT2D eigenvalue weighted by Gasteiger charge is -2.07. The van der Waals surface area contributed by atoms with Gasteiger partial charge in [0.1, 0.15) is 5.82 Å². The standard InChI is InChI=1S/C13H14N2O2S/c1-11-5-7-12(8-6-11)10-18(16,17)15-13-4-2-3-9-14-13/h2-9H,10H2,1H3,(H,14,15). The van der Waals surface area contributed by atoms with Crippen molar-refractivity contribution in [2.24, 2.45) is 0 Å². The summed E-state index contributed by atoms with van der Waals surface area (Å²) in [5.41, 5.74) is 1.86. The molecule has 0 fully saturated rings. The Kier molecular flexibility index (Phi) is 3.62. The van der Waals surface area contributed by atoms with E-state index in [4.69, 9.17) is 0 Å². The molecule has 94 valence electrons. The lowest BCUT2D eigenvalue weighted by atomic mass is 10.2. The smallest absolute Gasteiger partial charge is 0.238 e. The summed E-state index contributed by atoms with van der Waals surface area (Å²) in [6, 6.07) is 12.5. The molecule has 2 rings (SSSR count). The molecule has 0 radical (unpaired) electrons. The van der Waals surface area contributed by atoms with E-state index in [0.717, 1.165) is 11.1 Å². The lowest BCUT2D eigenvalue weighted by molar-refractivity contribution is 0.600. The van der Waals surface area contributed by atoms with Crippen molar-refractivity contribution in [3.8, 4) is 0 Å². The second-order valence-corrected chi connectivity index (χ2v) is 5.78. The fourth-order valence-corrected chi connectivity index (χ4v) is 2.67. The molecule has 1 heterocycles. The van der Waals surface area contributed by atoms with E-state index in [2.05, 4.69) is 9.71 Å². The molecule has 0 amide bonds. The number of anilines is 1. The SMILES string of the molecule is Cc1ccc(CS(=O)(=O)Nc2ccccn2)cc1. The minimum Gasteiger partial charge on any atom is -0.267 e. The van der Waals surface area contributed by atoms with Crippen molar-refractivity contribution < 1.29 is 8.42 Å². The highest BCUT2D eigenvalue weighted by atomic mass is 32.2. The molecule has 5 heteroatoms. The van der Waals surface area contributed by atoms with E-state index in [-0.39, 0.29) is 5.75 Å². The number of aromatic nitrogens is 1. The third kappa shape index (κ3) is 3.56. The monoisotopic (exact) mass is 262 g/mol. The molecule has 0 aliphatic heterocycles. The first-order valence-electron chi connectivity index (χ1n) is 5.52. The van der Waals surface area contributed by atoms with E-state index in [1.54, 1.807) is 24.4 Å². The van der Waals surface area contributed by atoms with Crippen molar-refractivity contribution in [1.29, 1.82) is 0 Å². The van der Waals surface area contributed by atoms with E-state index in [0.29, 0.717) is 5.82 Å². The largest absolute Gasteiger partial charge is 0.267 e. The molecule has 1 N–H and O–H groups in total. The van der Waals surface area contributed by atoms with Crippen LogP contribution in [0.4, 0.5) is 5.82 Å². The van der Waals surface area contributed by atoms with Gasteiger partial charge in [0.15, 0.2) is 0 Å². The molecule has 2 aromatic rings. The predicted octanol–water partition coefficient (Wildman–Crippen LogP) is 2.33. The van der Waals surface area contributed by atoms with Crippen LogP contribution in [0, 0.1) is 6.92 Å². The first kappa shape index (κ1) is 12.6. The lowest BCUT2D eigenvalue weighted by Crippen LogP contribution is -2.15. The van der Waals surface area contributed by atoms with E-state index in [1.165, 1.54) is 0 Å². The van der Waals surface area contributed by atoms with Crippen LogP contribution in [0.3, 0.4) is 0 Å². The Labute approximate surface area is 107 Å². The van der Waals surface area contributed by atoms with Gasteiger partial charge in [-0.15, -0.1) is 0 Å². The third-order valence-corrected chi connectivity index (χ3v) is 3.64. The Bertz CT molecular complexity index is 607. The van der Waals surface area contributed by atoms with Crippen LogP contribution < -0.4 is 4.72 Å². The van der Waals surface area contributed by atoms with Crippen molar-refractivity contribution in [2.45, 2.75) is 12.7 Å². The van der Waals surface area contributed by atoms with Gasteiger partial charge in [-0.3, -0.25) is 4.72 Å². The van der Waals surface area contributed by atoms with Crippen LogP contribution in [0.1, 0.15) is 11.1 Å². The number of nitrogens with one attached hydrogen (secondary N) is 1. The van der Waals surface area contributed by atoms with Crippen LogP contribution in [-0.4, -0.2) is 13.4 Å². The second kappa shape index (κ2) is 5.18. The number of pyridine rings is 1. The zero-order valence-electron chi connectivity index (χ0n) is 10.00. The number of benzene rings is 1. The molecule has 0 bridgehead atoms. The molecule has 0 aliphatic rings. The average molecular weight is 262 g/mol. The van der Waals surface area contributed by atoms with Gasteiger partial charge in [-0.25, -0.2) is 13.4 Å². The van der Waals surface area contributed by atoms with Crippen LogP contribution in [0.15, 0.2) is 48.7 Å². The van der Waals surface area contributed by atoms with Gasteiger partial charge in [0.05, 0.1) is 5.75 Å². The van der Waals surface area contributed by atoms with E-state index < -0.39 is 10.0 Å². The number of hydrogen-bond acceptors (Lipinski definition) is 3. The third-order valence-electron chi connectivity index (χ3n) is 2.40. The van der Waals surface area contributed by atoms with Gasteiger partial charge >= 0.3 is 0 Å². The highest BCUT2D eigenvalue weighted by Gasteiger charge is 2.11. The molecule has 0 spiro atoms. The van der Waals surface area contributed by atoms with E-state index >= 15 is 0 Å². The molecule has 0 saturated carbocycles. The maximum absolute atomic E-state index is 11.9. The molecule has 0 aliphatic carbocycles. The summed E-state index contributed by atoms with van der Waals surface area (Å²) in [6.07, 6.45) is 1.55. The average Bonchev–Trinajstić information content (AvgIpc) is 2.32. The second-order valence-electron chi connectivity index (χ2n) is 4.06. The minimum absolute atomic E-state index is 0.0517. The molecular formula is C13H14N2O2S.